The van der Waals surface area contributed by atoms with Crippen molar-refractivity contribution in [2.24, 2.45) is 4.99 Å². The molecule has 0 amide bonds. The molecule has 0 aromatic carbocycles. The van der Waals surface area contributed by atoms with Gasteiger partial charge in [0.1, 0.15) is 0 Å². The smallest absolute Gasteiger partial charge is 0.191 e. The van der Waals surface area contributed by atoms with Crippen molar-refractivity contribution in [1.82, 2.24) is 25.3 Å². The van der Waals surface area contributed by atoms with Crippen LogP contribution in [0.1, 0.15) is 33.1 Å². The van der Waals surface area contributed by atoms with E-state index in [0.29, 0.717) is 6.04 Å². The molecular formula is C16H31IN6. The van der Waals surface area contributed by atoms with Crippen LogP contribution < -0.4 is 10.6 Å². The lowest BCUT2D eigenvalue weighted by atomic mass is 10.3. The molecule has 0 bridgehead atoms. The number of nitrogens with one attached hydrogen (secondary N) is 2. The van der Waals surface area contributed by atoms with Crippen molar-refractivity contribution in [1.29, 1.82) is 0 Å². The summed E-state index contributed by atoms with van der Waals surface area (Å²) in [6.07, 6.45) is 7.56. The maximum Gasteiger partial charge on any atom is 0.191 e. The summed E-state index contributed by atoms with van der Waals surface area (Å²) in [5.41, 5.74) is 0. The Kier molecular flexibility index (Phi) is 9.54. The Morgan fingerprint density at radius 3 is 2.65 bits per heavy atom. The van der Waals surface area contributed by atoms with E-state index >= 15 is 0 Å². The van der Waals surface area contributed by atoms with E-state index in [1.54, 1.807) is 0 Å². The molecule has 23 heavy (non-hydrogen) atoms. The van der Waals surface area contributed by atoms with Crippen LogP contribution in [0.15, 0.2) is 23.5 Å². The quantitative estimate of drug-likeness (QED) is 0.270. The second-order valence-corrected chi connectivity index (χ2v) is 6.11. The topological polar surface area (TPSA) is 57.5 Å². The van der Waals surface area contributed by atoms with Crippen molar-refractivity contribution in [3.8, 4) is 0 Å². The molecule has 0 aliphatic heterocycles. The highest BCUT2D eigenvalue weighted by atomic mass is 127. The molecule has 0 radical (unpaired) electrons. The van der Waals surface area contributed by atoms with Crippen molar-refractivity contribution >= 4 is 29.9 Å². The van der Waals surface area contributed by atoms with E-state index < -0.39 is 0 Å². The molecule has 1 aromatic heterocycles. The minimum Gasteiger partial charge on any atom is -0.356 e. The van der Waals surface area contributed by atoms with Gasteiger partial charge in [-0.25, -0.2) is 0 Å². The van der Waals surface area contributed by atoms with Crippen LogP contribution in [0.3, 0.4) is 0 Å². The summed E-state index contributed by atoms with van der Waals surface area (Å²) in [6, 6.07) is 3.39. The molecular weight excluding hydrogens is 403 g/mol. The van der Waals surface area contributed by atoms with E-state index in [-0.39, 0.29) is 24.0 Å². The summed E-state index contributed by atoms with van der Waals surface area (Å²) in [6.45, 7) is 8.40. The number of hydrogen-bond donors (Lipinski definition) is 2. The number of aryl methyl sites for hydroxylation is 1. The van der Waals surface area contributed by atoms with Crippen LogP contribution in [-0.4, -0.2) is 59.4 Å². The Morgan fingerprint density at radius 2 is 2.09 bits per heavy atom. The van der Waals surface area contributed by atoms with E-state index in [4.69, 9.17) is 0 Å². The molecule has 7 heteroatoms. The Balaban J connectivity index is 0.00000264. The zero-order valence-corrected chi connectivity index (χ0v) is 16.9. The minimum absolute atomic E-state index is 0. The summed E-state index contributed by atoms with van der Waals surface area (Å²) in [5, 5.41) is 11.0. The summed E-state index contributed by atoms with van der Waals surface area (Å²) in [4.78, 5) is 6.86. The Bertz CT molecular complexity index is 439. The zero-order chi connectivity index (χ0) is 15.8. The minimum atomic E-state index is 0. The average Bonchev–Trinajstić information content (AvgIpc) is 3.20. The van der Waals surface area contributed by atoms with Gasteiger partial charge < -0.3 is 10.6 Å². The fourth-order valence-electron chi connectivity index (χ4n) is 2.67. The van der Waals surface area contributed by atoms with Gasteiger partial charge in [0.25, 0.3) is 0 Å². The SMILES string of the molecule is CN=C(NCCCn1cccn1)NCCN(C(C)C)C1CC1.I. The van der Waals surface area contributed by atoms with Crippen LogP contribution in [-0.2, 0) is 6.54 Å². The van der Waals surface area contributed by atoms with Crippen LogP contribution in [0.25, 0.3) is 0 Å². The summed E-state index contributed by atoms with van der Waals surface area (Å²) in [5.74, 6) is 0.889. The first kappa shape index (κ1) is 20.2. The largest absolute Gasteiger partial charge is 0.356 e. The van der Waals surface area contributed by atoms with Gasteiger partial charge in [0, 0.05) is 57.7 Å². The number of nitrogens with zero attached hydrogens (tertiary/aromatic N) is 4. The lowest BCUT2D eigenvalue weighted by molar-refractivity contribution is 0.215. The van der Waals surface area contributed by atoms with E-state index in [0.717, 1.165) is 44.6 Å². The van der Waals surface area contributed by atoms with Gasteiger partial charge in [-0.1, -0.05) is 0 Å². The first-order valence-electron chi connectivity index (χ1n) is 8.38. The molecule has 1 heterocycles. The molecule has 0 saturated heterocycles. The number of aromatic nitrogens is 2. The van der Waals surface area contributed by atoms with Crippen LogP contribution in [0.2, 0.25) is 0 Å². The molecule has 1 saturated carbocycles. The number of rotatable bonds is 9. The summed E-state index contributed by atoms with van der Waals surface area (Å²) < 4.78 is 1.95. The third-order valence-corrected chi connectivity index (χ3v) is 3.98. The molecule has 2 N–H and O–H groups in total. The highest BCUT2D eigenvalue weighted by Crippen LogP contribution is 2.27. The fraction of sp³-hybridized carbons (Fsp3) is 0.750. The predicted octanol–water partition coefficient (Wildman–Crippen LogP) is 1.93. The zero-order valence-electron chi connectivity index (χ0n) is 14.5. The van der Waals surface area contributed by atoms with Crippen LogP contribution in [0, 0.1) is 0 Å². The average molecular weight is 434 g/mol. The molecule has 6 nitrogen and oxygen atoms in total. The van der Waals surface area contributed by atoms with Crippen LogP contribution in [0.4, 0.5) is 0 Å². The predicted molar refractivity (Wildman–Crippen MR) is 106 cm³/mol. The summed E-state index contributed by atoms with van der Waals surface area (Å²) in [7, 11) is 1.82. The van der Waals surface area contributed by atoms with Crippen LogP contribution >= 0.6 is 24.0 Å². The third-order valence-electron chi connectivity index (χ3n) is 3.98. The molecule has 1 aliphatic carbocycles. The van der Waals surface area contributed by atoms with Crippen molar-refractivity contribution < 1.29 is 0 Å². The fourth-order valence-corrected chi connectivity index (χ4v) is 2.67. The molecule has 1 fully saturated rings. The second-order valence-electron chi connectivity index (χ2n) is 6.11. The highest BCUT2D eigenvalue weighted by Gasteiger charge is 2.29. The van der Waals surface area contributed by atoms with Crippen molar-refractivity contribution in [2.75, 3.05) is 26.7 Å². The monoisotopic (exact) mass is 434 g/mol. The molecule has 0 atom stereocenters. The second kappa shape index (κ2) is 10.9. The van der Waals surface area contributed by atoms with Gasteiger partial charge in [-0.3, -0.25) is 14.6 Å². The van der Waals surface area contributed by atoms with Crippen molar-refractivity contribution in [2.45, 2.75) is 51.7 Å². The van der Waals surface area contributed by atoms with Gasteiger partial charge >= 0.3 is 0 Å². The summed E-state index contributed by atoms with van der Waals surface area (Å²) >= 11 is 0. The lowest BCUT2D eigenvalue weighted by Crippen LogP contribution is -2.44. The van der Waals surface area contributed by atoms with E-state index in [9.17, 15) is 0 Å². The molecule has 132 valence electrons. The van der Waals surface area contributed by atoms with Gasteiger partial charge in [0.15, 0.2) is 5.96 Å². The highest BCUT2D eigenvalue weighted by molar-refractivity contribution is 14.0. The standard InChI is InChI=1S/C16H30N6.HI/c1-14(2)22(15-6-7-15)13-10-19-16(17-3)18-8-4-11-21-12-5-9-20-21;/h5,9,12,14-15H,4,6-8,10-11,13H2,1-3H3,(H2,17,18,19);1H. The van der Waals surface area contributed by atoms with Crippen LogP contribution in [0.5, 0.6) is 0 Å². The Hall–Kier alpha value is -0.830. The van der Waals surface area contributed by atoms with E-state index in [2.05, 4.69) is 39.5 Å². The number of halogens is 1. The maximum atomic E-state index is 4.28. The number of guanidine groups is 1. The number of hydrogen-bond acceptors (Lipinski definition) is 3. The van der Waals surface area contributed by atoms with Crippen molar-refractivity contribution in [3.05, 3.63) is 18.5 Å². The molecule has 0 unspecified atom stereocenters. The normalized spacial score (nSPS) is 14.9. The maximum absolute atomic E-state index is 4.28. The Morgan fingerprint density at radius 1 is 1.35 bits per heavy atom. The van der Waals surface area contributed by atoms with E-state index in [1.165, 1.54) is 12.8 Å². The first-order chi connectivity index (χ1) is 10.7. The first-order valence-corrected chi connectivity index (χ1v) is 8.38. The molecule has 1 aliphatic rings. The van der Waals surface area contributed by atoms with Gasteiger partial charge in [-0.15, -0.1) is 24.0 Å². The lowest BCUT2D eigenvalue weighted by Gasteiger charge is -2.26. The number of aliphatic imine (C=N–C) groups is 1. The molecule has 0 spiro atoms. The van der Waals surface area contributed by atoms with Gasteiger partial charge in [0.2, 0.25) is 0 Å². The Labute approximate surface area is 157 Å². The van der Waals surface area contributed by atoms with Gasteiger partial charge in [-0.05, 0) is 39.2 Å². The molecule has 2 rings (SSSR count). The van der Waals surface area contributed by atoms with Crippen molar-refractivity contribution in [3.63, 3.8) is 0 Å². The third kappa shape index (κ3) is 7.52. The molecule has 1 aromatic rings. The van der Waals surface area contributed by atoms with E-state index in [1.807, 2.05) is 30.2 Å². The van der Waals surface area contributed by atoms with Gasteiger partial charge in [0.05, 0.1) is 0 Å². The van der Waals surface area contributed by atoms with Gasteiger partial charge in [-0.2, -0.15) is 5.10 Å².